The Labute approximate surface area is 163 Å². The SMILES string of the molecule is O=C(CCCOc1ccc(Cl)cc1Cl)Nc1ccc(Cl)c(C(F)(F)F)c1. The summed E-state index contributed by atoms with van der Waals surface area (Å²) >= 11 is 17.3. The monoisotopic (exact) mass is 425 g/mol. The summed E-state index contributed by atoms with van der Waals surface area (Å²) in [6.45, 7) is 0.211. The molecule has 0 aromatic heterocycles. The van der Waals surface area contributed by atoms with E-state index in [0.717, 1.165) is 12.1 Å². The summed E-state index contributed by atoms with van der Waals surface area (Å²) in [6.07, 6.45) is -4.18. The van der Waals surface area contributed by atoms with Crippen LogP contribution in [0.1, 0.15) is 18.4 Å². The zero-order chi connectivity index (χ0) is 19.3. The molecule has 3 nitrogen and oxygen atoms in total. The Kier molecular flexibility index (Phi) is 7.03. The highest BCUT2D eigenvalue weighted by molar-refractivity contribution is 6.35. The molecule has 0 aliphatic carbocycles. The molecule has 1 N–H and O–H groups in total. The second kappa shape index (κ2) is 8.84. The first-order valence-corrected chi connectivity index (χ1v) is 8.54. The number of carbonyl (C=O) groups excluding carboxylic acids is 1. The Morgan fingerprint density at radius 1 is 1.04 bits per heavy atom. The van der Waals surface area contributed by atoms with Gasteiger partial charge < -0.3 is 10.1 Å². The van der Waals surface area contributed by atoms with Crippen molar-refractivity contribution in [1.82, 2.24) is 0 Å². The molecule has 9 heteroatoms. The van der Waals surface area contributed by atoms with Crippen molar-refractivity contribution in [3.8, 4) is 5.75 Å². The van der Waals surface area contributed by atoms with Crippen LogP contribution in [0.5, 0.6) is 5.75 Å². The molecule has 0 radical (unpaired) electrons. The van der Waals surface area contributed by atoms with Gasteiger partial charge in [-0.3, -0.25) is 4.79 Å². The van der Waals surface area contributed by atoms with E-state index in [1.165, 1.54) is 12.1 Å². The molecule has 0 unspecified atom stereocenters. The number of hydrogen-bond acceptors (Lipinski definition) is 2. The van der Waals surface area contributed by atoms with Gasteiger partial charge in [0.05, 0.1) is 22.2 Å². The lowest BCUT2D eigenvalue weighted by atomic mass is 10.2. The average Bonchev–Trinajstić information content (AvgIpc) is 2.54. The van der Waals surface area contributed by atoms with Crippen molar-refractivity contribution in [2.45, 2.75) is 19.0 Å². The smallest absolute Gasteiger partial charge is 0.417 e. The van der Waals surface area contributed by atoms with E-state index in [1.807, 2.05) is 0 Å². The summed E-state index contributed by atoms with van der Waals surface area (Å²) in [5.41, 5.74) is -0.980. The number of benzene rings is 2. The van der Waals surface area contributed by atoms with Crippen LogP contribution in [-0.2, 0) is 11.0 Å². The third-order valence-electron chi connectivity index (χ3n) is 3.26. The summed E-state index contributed by atoms with van der Waals surface area (Å²) in [7, 11) is 0. The minimum atomic E-state index is -4.59. The predicted octanol–water partition coefficient (Wildman–Crippen LogP) is 6.46. The molecule has 0 atom stereocenters. The first kappa shape index (κ1) is 20.7. The topological polar surface area (TPSA) is 38.3 Å². The Morgan fingerprint density at radius 2 is 1.77 bits per heavy atom. The molecule has 0 aliphatic rings. The van der Waals surface area contributed by atoms with Crippen molar-refractivity contribution in [1.29, 1.82) is 0 Å². The van der Waals surface area contributed by atoms with E-state index in [2.05, 4.69) is 5.32 Å². The molecule has 0 saturated carbocycles. The first-order valence-electron chi connectivity index (χ1n) is 7.41. The lowest BCUT2D eigenvalue weighted by molar-refractivity contribution is -0.137. The van der Waals surface area contributed by atoms with Crippen molar-refractivity contribution < 1.29 is 22.7 Å². The van der Waals surface area contributed by atoms with Gasteiger partial charge >= 0.3 is 6.18 Å². The summed E-state index contributed by atoms with van der Waals surface area (Å²) in [5.74, 6) is -0.00440. The van der Waals surface area contributed by atoms with Crippen molar-refractivity contribution >= 4 is 46.4 Å². The Bertz CT molecular complexity index is 797. The largest absolute Gasteiger partial charge is 0.492 e. The summed E-state index contributed by atoms with van der Waals surface area (Å²) in [5, 5.41) is 2.80. The second-order valence-corrected chi connectivity index (χ2v) is 6.52. The number of anilines is 1. The highest BCUT2D eigenvalue weighted by atomic mass is 35.5. The number of amides is 1. The van der Waals surface area contributed by atoms with Crippen LogP contribution in [0.2, 0.25) is 15.1 Å². The molecular weight excluding hydrogens is 414 g/mol. The van der Waals surface area contributed by atoms with Crippen molar-refractivity contribution in [2.75, 3.05) is 11.9 Å². The quantitative estimate of drug-likeness (QED) is 0.538. The summed E-state index contributed by atoms with van der Waals surface area (Å²) in [6, 6.07) is 7.95. The van der Waals surface area contributed by atoms with Crippen LogP contribution in [-0.4, -0.2) is 12.5 Å². The number of carbonyl (C=O) groups is 1. The molecule has 2 rings (SSSR count). The van der Waals surface area contributed by atoms with Gasteiger partial charge in [0, 0.05) is 17.1 Å². The minimum absolute atomic E-state index is 0.0217. The van der Waals surface area contributed by atoms with E-state index in [-0.39, 0.29) is 18.7 Å². The van der Waals surface area contributed by atoms with Gasteiger partial charge in [0.2, 0.25) is 5.91 Å². The van der Waals surface area contributed by atoms with Gasteiger partial charge in [-0.15, -0.1) is 0 Å². The average molecular weight is 427 g/mol. The maximum absolute atomic E-state index is 12.8. The number of nitrogens with one attached hydrogen (secondary N) is 1. The molecule has 140 valence electrons. The van der Waals surface area contributed by atoms with Crippen LogP contribution >= 0.6 is 34.8 Å². The predicted molar refractivity (Wildman–Crippen MR) is 96.3 cm³/mol. The number of halogens is 6. The molecule has 2 aromatic carbocycles. The highest BCUT2D eigenvalue weighted by Gasteiger charge is 2.33. The zero-order valence-electron chi connectivity index (χ0n) is 13.2. The van der Waals surface area contributed by atoms with Gasteiger partial charge in [0.1, 0.15) is 5.75 Å². The van der Waals surface area contributed by atoms with Gasteiger partial charge in [-0.25, -0.2) is 0 Å². The lowest BCUT2D eigenvalue weighted by Gasteiger charge is -2.12. The van der Waals surface area contributed by atoms with Crippen molar-refractivity contribution in [3.05, 3.63) is 57.0 Å². The molecule has 0 bridgehead atoms. The van der Waals surface area contributed by atoms with Crippen LogP contribution in [0.4, 0.5) is 18.9 Å². The molecular formula is C17H13Cl3F3NO2. The fraction of sp³-hybridized carbons (Fsp3) is 0.235. The number of ether oxygens (including phenoxy) is 1. The fourth-order valence-corrected chi connectivity index (χ4v) is 2.74. The molecule has 1 amide bonds. The number of hydrogen-bond donors (Lipinski definition) is 1. The molecule has 0 heterocycles. The number of rotatable bonds is 6. The normalized spacial score (nSPS) is 11.3. The zero-order valence-corrected chi connectivity index (χ0v) is 15.4. The molecule has 2 aromatic rings. The van der Waals surface area contributed by atoms with E-state index in [9.17, 15) is 18.0 Å². The molecule has 0 fully saturated rings. The van der Waals surface area contributed by atoms with Crippen LogP contribution < -0.4 is 10.1 Å². The van der Waals surface area contributed by atoms with Gasteiger partial charge in [-0.05, 0) is 42.8 Å². The first-order chi connectivity index (χ1) is 12.2. The highest BCUT2D eigenvalue weighted by Crippen LogP contribution is 2.36. The standard InChI is InChI=1S/C17H13Cl3F3NO2/c18-10-3-6-15(14(20)8-10)26-7-1-2-16(25)24-11-4-5-13(19)12(9-11)17(21,22)23/h3-6,8-9H,1-2,7H2,(H,24,25). The van der Waals surface area contributed by atoms with Gasteiger partial charge in [0.25, 0.3) is 0 Å². The van der Waals surface area contributed by atoms with E-state index < -0.39 is 22.7 Å². The Balaban J connectivity index is 1.84. The van der Waals surface area contributed by atoms with Crippen LogP contribution in [0, 0.1) is 0 Å². The summed E-state index contributed by atoms with van der Waals surface area (Å²) in [4.78, 5) is 11.9. The third-order valence-corrected chi connectivity index (χ3v) is 4.12. The Morgan fingerprint density at radius 3 is 2.42 bits per heavy atom. The third kappa shape index (κ3) is 5.97. The van der Waals surface area contributed by atoms with Crippen LogP contribution in [0.3, 0.4) is 0 Å². The van der Waals surface area contributed by atoms with Crippen molar-refractivity contribution in [3.63, 3.8) is 0 Å². The second-order valence-electron chi connectivity index (χ2n) is 5.27. The van der Waals surface area contributed by atoms with Crippen LogP contribution in [0.15, 0.2) is 36.4 Å². The van der Waals surface area contributed by atoms with Gasteiger partial charge in [-0.1, -0.05) is 34.8 Å². The molecule has 26 heavy (non-hydrogen) atoms. The van der Waals surface area contributed by atoms with Crippen LogP contribution in [0.25, 0.3) is 0 Å². The van der Waals surface area contributed by atoms with Crippen molar-refractivity contribution in [2.24, 2.45) is 0 Å². The van der Waals surface area contributed by atoms with E-state index >= 15 is 0 Å². The minimum Gasteiger partial charge on any atom is -0.492 e. The molecule has 0 aliphatic heterocycles. The van der Waals surface area contributed by atoms with E-state index in [0.29, 0.717) is 22.2 Å². The fourth-order valence-electron chi connectivity index (χ4n) is 2.05. The Hall–Kier alpha value is -1.63. The van der Waals surface area contributed by atoms with Gasteiger partial charge in [0.15, 0.2) is 0 Å². The maximum Gasteiger partial charge on any atom is 0.417 e. The summed E-state index contributed by atoms with van der Waals surface area (Å²) < 4.78 is 43.8. The number of alkyl halides is 3. The molecule has 0 spiro atoms. The van der Waals surface area contributed by atoms with E-state index in [4.69, 9.17) is 39.5 Å². The van der Waals surface area contributed by atoms with E-state index in [1.54, 1.807) is 12.1 Å². The maximum atomic E-state index is 12.8. The molecule has 0 saturated heterocycles. The lowest BCUT2D eigenvalue weighted by Crippen LogP contribution is -2.14. The van der Waals surface area contributed by atoms with Gasteiger partial charge in [-0.2, -0.15) is 13.2 Å².